The second kappa shape index (κ2) is 6.08. The SMILES string of the molecule is C[C@H]1C[C@H](c2ccc(C(F)(F)F)c(O)c2)C[C@@H](c2cn(C)nn2)N1. The van der Waals surface area contributed by atoms with Crippen LogP contribution in [0.3, 0.4) is 0 Å². The van der Waals surface area contributed by atoms with Crippen LogP contribution in [0.4, 0.5) is 13.2 Å². The molecular formula is C16H19F3N4O. The van der Waals surface area contributed by atoms with Crippen molar-refractivity contribution in [3.8, 4) is 5.75 Å². The van der Waals surface area contributed by atoms with Crippen molar-refractivity contribution >= 4 is 0 Å². The van der Waals surface area contributed by atoms with E-state index in [1.54, 1.807) is 11.7 Å². The molecule has 0 amide bonds. The number of halogens is 3. The summed E-state index contributed by atoms with van der Waals surface area (Å²) in [5.41, 5.74) is 0.520. The van der Waals surface area contributed by atoms with Gasteiger partial charge in [-0.2, -0.15) is 13.2 Å². The Morgan fingerprint density at radius 3 is 2.62 bits per heavy atom. The molecule has 0 aliphatic carbocycles. The highest BCUT2D eigenvalue weighted by Crippen LogP contribution is 2.40. The molecular weight excluding hydrogens is 321 g/mol. The van der Waals surface area contributed by atoms with Crippen molar-refractivity contribution in [2.45, 2.75) is 43.9 Å². The van der Waals surface area contributed by atoms with Gasteiger partial charge in [-0.25, -0.2) is 0 Å². The molecule has 1 aliphatic rings. The standard InChI is InChI=1S/C16H19F3N4O/c1-9-5-11(6-13(20-9)14-8-23(2)22-21-14)10-3-4-12(15(24)7-10)16(17,18)19/h3-4,7-9,11,13,20,24H,5-6H2,1-2H3/t9-,11-,13-/m0/s1. The number of aromatic nitrogens is 3. The van der Waals surface area contributed by atoms with Gasteiger partial charge in [0.15, 0.2) is 0 Å². The number of rotatable bonds is 2. The smallest absolute Gasteiger partial charge is 0.419 e. The molecule has 2 N–H and O–H groups in total. The fourth-order valence-corrected chi connectivity index (χ4v) is 3.33. The van der Waals surface area contributed by atoms with Crippen LogP contribution in [0.15, 0.2) is 24.4 Å². The quantitative estimate of drug-likeness (QED) is 0.882. The minimum absolute atomic E-state index is 0.0168. The monoisotopic (exact) mass is 340 g/mol. The summed E-state index contributed by atoms with van der Waals surface area (Å²) in [6.07, 6.45) is -1.25. The highest BCUT2D eigenvalue weighted by atomic mass is 19.4. The van der Waals surface area contributed by atoms with Crippen LogP contribution < -0.4 is 5.32 Å². The van der Waals surface area contributed by atoms with Crippen LogP contribution in [0.2, 0.25) is 0 Å². The van der Waals surface area contributed by atoms with Gasteiger partial charge in [0.2, 0.25) is 0 Å². The minimum atomic E-state index is -4.55. The summed E-state index contributed by atoms with van der Waals surface area (Å²) in [6, 6.07) is 3.81. The summed E-state index contributed by atoms with van der Waals surface area (Å²) in [4.78, 5) is 0. The molecule has 2 heterocycles. The normalized spacial score (nSPS) is 25.0. The van der Waals surface area contributed by atoms with Crippen LogP contribution >= 0.6 is 0 Å². The van der Waals surface area contributed by atoms with E-state index in [2.05, 4.69) is 15.6 Å². The van der Waals surface area contributed by atoms with Crippen molar-refractivity contribution in [2.24, 2.45) is 7.05 Å². The van der Waals surface area contributed by atoms with E-state index >= 15 is 0 Å². The molecule has 3 rings (SSSR count). The van der Waals surface area contributed by atoms with E-state index in [4.69, 9.17) is 0 Å². The second-order valence-electron chi connectivity index (χ2n) is 6.38. The summed E-state index contributed by atoms with van der Waals surface area (Å²) in [5, 5.41) is 21.2. The number of phenols is 1. The van der Waals surface area contributed by atoms with Crippen molar-refractivity contribution in [1.29, 1.82) is 0 Å². The van der Waals surface area contributed by atoms with Gasteiger partial charge in [-0.05, 0) is 43.4 Å². The van der Waals surface area contributed by atoms with E-state index in [1.807, 2.05) is 13.1 Å². The number of hydrogen-bond acceptors (Lipinski definition) is 4. The third-order valence-corrected chi connectivity index (χ3v) is 4.42. The molecule has 0 unspecified atom stereocenters. The number of aryl methyl sites for hydroxylation is 1. The van der Waals surface area contributed by atoms with Crippen molar-refractivity contribution < 1.29 is 18.3 Å². The van der Waals surface area contributed by atoms with Crippen molar-refractivity contribution in [3.05, 3.63) is 41.2 Å². The van der Waals surface area contributed by atoms with Gasteiger partial charge in [0.1, 0.15) is 5.75 Å². The van der Waals surface area contributed by atoms with E-state index in [1.165, 1.54) is 12.1 Å². The maximum Gasteiger partial charge on any atom is 0.419 e. The maximum atomic E-state index is 12.8. The molecule has 24 heavy (non-hydrogen) atoms. The number of aromatic hydroxyl groups is 1. The van der Waals surface area contributed by atoms with Gasteiger partial charge in [0, 0.05) is 19.3 Å². The molecule has 130 valence electrons. The van der Waals surface area contributed by atoms with Crippen LogP contribution in [0.25, 0.3) is 0 Å². The Balaban J connectivity index is 1.84. The molecule has 0 spiro atoms. The fourth-order valence-electron chi connectivity index (χ4n) is 3.33. The zero-order chi connectivity index (χ0) is 17.5. The molecule has 2 aromatic rings. The van der Waals surface area contributed by atoms with Crippen LogP contribution in [0, 0.1) is 0 Å². The van der Waals surface area contributed by atoms with Crippen molar-refractivity contribution in [1.82, 2.24) is 20.3 Å². The highest BCUT2D eigenvalue weighted by molar-refractivity contribution is 5.40. The molecule has 5 nitrogen and oxygen atoms in total. The number of phenolic OH excluding ortho intramolecular Hbond substituents is 1. The van der Waals surface area contributed by atoms with Gasteiger partial charge in [-0.3, -0.25) is 4.68 Å². The van der Waals surface area contributed by atoms with E-state index < -0.39 is 17.5 Å². The fraction of sp³-hybridized carbons (Fsp3) is 0.500. The van der Waals surface area contributed by atoms with Crippen LogP contribution in [0.1, 0.15) is 48.5 Å². The summed E-state index contributed by atoms with van der Waals surface area (Å²) >= 11 is 0. The predicted molar refractivity (Wildman–Crippen MR) is 81.4 cm³/mol. The van der Waals surface area contributed by atoms with Gasteiger partial charge in [-0.1, -0.05) is 11.3 Å². The molecule has 0 bridgehead atoms. The Hall–Kier alpha value is -2.09. The zero-order valence-electron chi connectivity index (χ0n) is 13.4. The van der Waals surface area contributed by atoms with Gasteiger partial charge in [0.05, 0.1) is 17.3 Å². The van der Waals surface area contributed by atoms with E-state index in [9.17, 15) is 18.3 Å². The topological polar surface area (TPSA) is 63.0 Å². The van der Waals surface area contributed by atoms with E-state index in [0.717, 1.165) is 18.2 Å². The second-order valence-corrected chi connectivity index (χ2v) is 6.38. The Labute approximate surface area is 137 Å². The third kappa shape index (κ3) is 3.38. The maximum absolute atomic E-state index is 12.8. The highest BCUT2D eigenvalue weighted by Gasteiger charge is 2.35. The number of benzene rings is 1. The molecule has 1 saturated heterocycles. The number of nitrogens with zero attached hydrogens (tertiary/aromatic N) is 3. The van der Waals surface area contributed by atoms with Crippen LogP contribution in [-0.4, -0.2) is 26.1 Å². The Morgan fingerprint density at radius 2 is 2.04 bits per heavy atom. The lowest BCUT2D eigenvalue weighted by molar-refractivity contribution is -0.138. The van der Waals surface area contributed by atoms with Gasteiger partial charge < -0.3 is 10.4 Å². The molecule has 1 aromatic heterocycles. The molecule has 1 aliphatic heterocycles. The van der Waals surface area contributed by atoms with E-state index in [0.29, 0.717) is 12.0 Å². The van der Waals surface area contributed by atoms with Crippen molar-refractivity contribution in [2.75, 3.05) is 0 Å². The Bertz CT molecular complexity index is 728. The molecule has 0 radical (unpaired) electrons. The number of alkyl halides is 3. The predicted octanol–water partition coefficient (Wildman–Crippen LogP) is 3.14. The first-order chi connectivity index (χ1) is 11.2. The summed E-state index contributed by atoms with van der Waals surface area (Å²) in [5.74, 6) is -0.677. The molecule has 8 heteroatoms. The molecule has 0 saturated carbocycles. The number of piperidine rings is 1. The van der Waals surface area contributed by atoms with Gasteiger partial charge in [-0.15, -0.1) is 5.10 Å². The van der Waals surface area contributed by atoms with Gasteiger partial charge >= 0.3 is 6.18 Å². The number of nitrogens with one attached hydrogen (secondary N) is 1. The summed E-state index contributed by atoms with van der Waals surface area (Å²) < 4.78 is 40.0. The van der Waals surface area contributed by atoms with Crippen LogP contribution in [0.5, 0.6) is 5.75 Å². The molecule has 1 fully saturated rings. The minimum Gasteiger partial charge on any atom is -0.507 e. The first-order valence-corrected chi connectivity index (χ1v) is 7.76. The molecule has 1 aromatic carbocycles. The first kappa shape index (κ1) is 16.8. The van der Waals surface area contributed by atoms with Gasteiger partial charge in [0.25, 0.3) is 0 Å². The lowest BCUT2D eigenvalue weighted by Crippen LogP contribution is -2.38. The average Bonchev–Trinajstić information content (AvgIpc) is 2.92. The largest absolute Gasteiger partial charge is 0.507 e. The third-order valence-electron chi connectivity index (χ3n) is 4.42. The lowest BCUT2D eigenvalue weighted by Gasteiger charge is -2.34. The summed E-state index contributed by atoms with van der Waals surface area (Å²) in [7, 11) is 1.79. The zero-order valence-corrected chi connectivity index (χ0v) is 13.4. The van der Waals surface area contributed by atoms with Crippen molar-refractivity contribution in [3.63, 3.8) is 0 Å². The average molecular weight is 340 g/mol. The number of hydrogen-bond donors (Lipinski definition) is 2. The molecule has 3 atom stereocenters. The Kier molecular flexibility index (Phi) is 4.25. The first-order valence-electron chi connectivity index (χ1n) is 7.76. The van der Waals surface area contributed by atoms with E-state index in [-0.39, 0.29) is 18.0 Å². The lowest BCUT2D eigenvalue weighted by atomic mass is 9.82. The Morgan fingerprint density at radius 1 is 1.29 bits per heavy atom. The van der Waals surface area contributed by atoms with Crippen LogP contribution in [-0.2, 0) is 13.2 Å². The summed E-state index contributed by atoms with van der Waals surface area (Å²) in [6.45, 7) is 2.03.